The number of nitrogens with zero attached hydrogens (tertiary/aromatic N) is 4. The monoisotopic (exact) mass is 838 g/mol. The summed E-state index contributed by atoms with van der Waals surface area (Å²) >= 11 is 1.68. The largest absolute Gasteiger partial charge is 0.368 e. The molecular weight excluding hydrogens is 773 g/mol. The van der Waals surface area contributed by atoms with Crippen molar-refractivity contribution in [2.45, 2.75) is 151 Å². The van der Waals surface area contributed by atoms with Crippen LogP contribution in [0.4, 0.5) is 0 Å². The lowest BCUT2D eigenvalue weighted by atomic mass is 9.76. The van der Waals surface area contributed by atoms with E-state index in [1.165, 1.54) is 4.90 Å². The Bertz CT molecular complexity index is 1650. The maximum absolute atomic E-state index is 14.3. The number of likely N-dealkylation sites (tertiary alicyclic amines) is 4. The first-order chi connectivity index (χ1) is 28.5. The Morgan fingerprint density at radius 1 is 0.864 bits per heavy atom. The van der Waals surface area contributed by atoms with Gasteiger partial charge in [-0.05, 0) is 128 Å². The van der Waals surface area contributed by atoms with Crippen molar-refractivity contribution in [2.75, 3.05) is 45.8 Å². The summed E-state index contributed by atoms with van der Waals surface area (Å²) in [5.74, 6) is -0.994. The van der Waals surface area contributed by atoms with Gasteiger partial charge in [-0.2, -0.15) is 0 Å². The number of carbonyl (C=O) groups is 6. The lowest BCUT2D eigenvalue weighted by molar-refractivity contribution is -0.151. The lowest BCUT2D eigenvalue weighted by Gasteiger charge is -2.45. The summed E-state index contributed by atoms with van der Waals surface area (Å²) < 4.78 is 3.41. The zero-order valence-electron chi connectivity index (χ0n) is 34.7. The van der Waals surface area contributed by atoms with Gasteiger partial charge in [0.2, 0.25) is 35.4 Å². The van der Waals surface area contributed by atoms with E-state index in [4.69, 9.17) is 5.73 Å². The van der Waals surface area contributed by atoms with E-state index in [0.29, 0.717) is 43.2 Å². The summed E-state index contributed by atoms with van der Waals surface area (Å²) in [6.07, 6.45) is 12.7. The van der Waals surface area contributed by atoms with Crippen molar-refractivity contribution in [2.24, 2.45) is 34.8 Å². The second-order valence-electron chi connectivity index (χ2n) is 19.6. The van der Waals surface area contributed by atoms with Crippen LogP contribution < -0.4 is 31.7 Å². The SMILES string of the molecule is CC1CC(NC2NC(C3CCC[C@@H](N4CCC5(CCN(CC6CCN(C7CCC8C(=O)N([C@H]9CCC(=O)NC9=O)C(=O)C8C7)CC6)CC5)C4=O)C3)CNC2C(N)=O)SN1. The highest BCUT2D eigenvalue weighted by atomic mass is 32.2. The van der Waals surface area contributed by atoms with Crippen LogP contribution in [0.3, 0.4) is 0 Å². The molecule has 0 radical (unpaired) electrons. The van der Waals surface area contributed by atoms with Gasteiger partial charge in [-0.3, -0.25) is 54.3 Å². The molecule has 7 saturated heterocycles. The summed E-state index contributed by atoms with van der Waals surface area (Å²) in [6, 6.07) is -0.170. The van der Waals surface area contributed by atoms with Gasteiger partial charge in [-0.1, -0.05) is 18.4 Å². The maximum Gasteiger partial charge on any atom is 0.249 e. The van der Waals surface area contributed by atoms with Gasteiger partial charge in [0.1, 0.15) is 12.1 Å². The van der Waals surface area contributed by atoms with E-state index in [0.717, 1.165) is 110 Å². The van der Waals surface area contributed by atoms with Crippen molar-refractivity contribution >= 4 is 47.4 Å². The third-order valence-electron chi connectivity index (χ3n) is 16.1. The van der Waals surface area contributed by atoms with Crippen molar-refractivity contribution in [3.05, 3.63) is 0 Å². The average Bonchev–Trinajstić information content (AvgIpc) is 3.87. The predicted octanol–water partition coefficient (Wildman–Crippen LogP) is 0.218. The maximum atomic E-state index is 14.3. The van der Waals surface area contributed by atoms with Gasteiger partial charge in [-0.15, -0.1) is 0 Å². The number of hydrogen-bond donors (Lipinski definition) is 6. The molecule has 7 aliphatic heterocycles. The number of amides is 6. The molecule has 326 valence electrons. The summed E-state index contributed by atoms with van der Waals surface area (Å²) in [5, 5.41) is 13.4. The molecule has 0 bridgehead atoms. The molecule has 9 fully saturated rings. The van der Waals surface area contributed by atoms with E-state index in [9.17, 15) is 28.8 Å². The van der Waals surface area contributed by atoms with Gasteiger partial charge in [0.25, 0.3) is 0 Å². The molecule has 0 aromatic heterocycles. The van der Waals surface area contributed by atoms with Gasteiger partial charge in [0, 0.05) is 50.2 Å². The summed E-state index contributed by atoms with van der Waals surface area (Å²) in [5.41, 5.74) is 5.59. The normalized spacial score (nSPS) is 40.2. The van der Waals surface area contributed by atoms with Crippen LogP contribution in [0.2, 0.25) is 0 Å². The van der Waals surface area contributed by atoms with Crippen molar-refractivity contribution in [1.82, 2.24) is 45.6 Å². The molecular formula is C42H66N10O6S. The Kier molecular flexibility index (Phi) is 12.2. The highest BCUT2D eigenvalue weighted by Crippen LogP contribution is 2.46. The van der Waals surface area contributed by atoms with E-state index < -0.39 is 18.0 Å². The number of piperidine rings is 3. The van der Waals surface area contributed by atoms with Crippen LogP contribution in [0.15, 0.2) is 0 Å². The Morgan fingerprint density at radius 3 is 2.36 bits per heavy atom. The van der Waals surface area contributed by atoms with Crippen LogP contribution in [0, 0.1) is 29.1 Å². The quantitative estimate of drug-likeness (QED) is 0.136. The highest BCUT2D eigenvalue weighted by molar-refractivity contribution is 7.98. The number of carbonyl (C=O) groups excluding carboxylic acids is 6. The minimum atomic E-state index is -0.866. The van der Waals surface area contributed by atoms with Crippen molar-refractivity contribution in [3.63, 3.8) is 0 Å². The molecule has 11 atom stereocenters. The standard InChI is InChI=1S/C42H66N10O6S/c1-24-19-34(59-48-24)47-37-35(36(43)54)44-22-31(45-37)26-3-2-4-28(20-26)51-18-13-42(41(51)58)11-16-49(17-12-42)23-25-9-14-50(15-10-25)27-5-6-29-30(21-27)40(57)52(39(29)56)32-7-8-33(53)46-38(32)55/h24-32,34-35,37,44-45,47-48H,2-23H2,1H3,(H2,43,54)(H,46,53,55)/t24?,26?,27?,28-,29?,30?,31?,32+,34?,35?,37?/m1/s1. The number of primary amides is 1. The van der Waals surface area contributed by atoms with Gasteiger partial charge < -0.3 is 25.8 Å². The predicted molar refractivity (Wildman–Crippen MR) is 221 cm³/mol. The summed E-state index contributed by atoms with van der Waals surface area (Å²) in [7, 11) is 0. The molecule has 7 heterocycles. The zero-order chi connectivity index (χ0) is 41.0. The lowest BCUT2D eigenvalue weighted by Crippen LogP contribution is -2.71. The van der Waals surface area contributed by atoms with Crippen LogP contribution in [0.25, 0.3) is 0 Å². The molecule has 9 aliphatic rings. The number of fused-ring (bicyclic) bond motifs is 1. The molecule has 16 nitrogen and oxygen atoms in total. The molecule has 17 heteroatoms. The average molecular weight is 839 g/mol. The number of nitrogens with two attached hydrogens (primary N) is 1. The molecule has 2 saturated carbocycles. The summed E-state index contributed by atoms with van der Waals surface area (Å²) in [6.45, 7) is 8.72. The zero-order valence-corrected chi connectivity index (χ0v) is 35.5. The molecule has 9 rings (SSSR count). The van der Waals surface area contributed by atoms with E-state index in [1.54, 1.807) is 11.9 Å². The van der Waals surface area contributed by atoms with Gasteiger partial charge in [-0.25, -0.2) is 0 Å². The topological polar surface area (TPSA) is 202 Å². The third kappa shape index (κ3) is 8.34. The van der Waals surface area contributed by atoms with Crippen molar-refractivity contribution in [1.29, 1.82) is 0 Å². The molecule has 0 aromatic carbocycles. The van der Waals surface area contributed by atoms with E-state index >= 15 is 0 Å². The second kappa shape index (κ2) is 17.2. The Hall–Kier alpha value is -2.67. The first-order valence-corrected chi connectivity index (χ1v) is 23.8. The minimum Gasteiger partial charge on any atom is -0.368 e. The first kappa shape index (κ1) is 41.7. The fraction of sp³-hybridized carbons (Fsp3) is 0.857. The van der Waals surface area contributed by atoms with Crippen LogP contribution >= 0.6 is 11.9 Å². The Balaban J connectivity index is 0.720. The minimum absolute atomic E-state index is 0.147. The number of imide groups is 2. The van der Waals surface area contributed by atoms with Gasteiger partial charge >= 0.3 is 0 Å². The highest BCUT2D eigenvalue weighted by Gasteiger charge is 2.55. The number of rotatable bonds is 9. The smallest absolute Gasteiger partial charge is 0.249 e. The fourth-order valence-electron chi connectivity index (χ4n) is 12.7. The first-order valence-electron chi connectivity index (χ1n) is 22.9. The number of nitrogens with one attached hydrogen (secondary N) is 5. The molecule has 2 aliphatic carbocycles. The van der Waals surface area contributed by atoms with Gasteiger partial charge in [0.15, 0.2) is 0 Å². The molecule has 0 aromatic rings. The molecule has 6 amide bonds. The van der Waals surface area contributed by atoms with Crippen LogP contribution in [0.1, 0.15) is 103 Å². The van der Waals surface area contributed by atoms with E-state index in [1.807, 2.05) is 0 Å². The molecule has 59 heavy (non-hydrogen) atoms. The van der Waals surface area contributed by atoms with Crippen LogP contribution in [-0.4, -0.2) is 149 Å². The fourth-order valence-corrected chi connectivity index (χ4v) is 13.8. The van der Waals surface area contributed by atoms with E-state index in [2.05, 4.69) is 47.6 Å². The second-order valence-corrected chi connectivity index (χ2v) is 20.7. The van der Waals surface area contributed by atoms with Crippen LogP contribution in [-0.2, 0) is 28.8 Å². The Labute approximate surface area is 352 Å². The number of hydrogen-bond acceptors (Lipinski definition) is 13. The number of piperazine rings is 1. The van der Waals surface area contributed by atoms with Crippen molar-refractivity contribution < 1.29 is 28.8 Å². The molecule has 7 N–H and O–H groups in total. The molecule has 9 unspecified atom stereocenters. The van der Waals surface area contributed by atoms with Crippen LogP contribution in [0.5, 0.6) is 0 Å². The summed E-state index contributed by atoms with van der Waals surface area (Å²) in [4.78, 5) is 86.3. The molecule has 1 spiro atoms. The Morgan fingerprint density at radius 2 is 1.63 bits per heavy atom. The van der Waals surface area contributed by atoms with E-state index in [-0.39, 0.29) is 83.4 Å². The van der Waals surface area contributed by atoms with Gasteiger partial charge in [0.05, 0.1) is 28.8 Å². The van der Waals surface area contributed by atoms with Crippen molar-refractivity contribution in [3.8, 4) is 0 Å². The third-order valence-corrected chi connectivity index (χ3v) is 17.3.